The van der Waals surface area contributed by atoms with Crippen molar-refractivity contribution in [2.24, 2.45) is 0 Å². The fourth-order valence-electron chi connectivity index (χ4n) is 2.37. The summed E-state index contributed by atoms with van der Waals surface area (Å²) < 4.78 is 18.9. The van der Waals surface area contributed by atoms with Crippen LogP contribution in [-0.2, 0) is 4.79 Å². The minimum atomic E-state index is -0.816. The second-order valence-electron chi connectivity index (χ2n) is 6.05. The van der Waals surface area contributed by atoms with Gasteiger partial charge in [0.05, 0.1) is 0 Å². The summed E-state index contributed by atoms with van der Waals surface area (Å²) in [5.41, 5.74) is 0. The Kier molecular flexibility index (Phi) is 6.88. The molecule has 8 nitrogen and oxygen atoms in total. The summed E-state index contributed by atoms with van der Waals surface area (Å²) in [4.78, 5) is 16.2. The van der Waals surface area contributed by atoms with Gasteiger partial charge in [-0.1, -0.05) is 18.2 Å². The number of para-hydroxylation sites is 1. The number of amides is 1. The second-order valence-corrected chi connectivity index (χ2v) is 6.05. The van der Waals surface area contributed by atoms with Crippen molar-refractivity contribution in [3.63, 3.8) is 0 Å². The molecule has 0 aliphatic heterocycles. The number of nitrogens with one attached hydrogen (secondary N) is 3. The molecule has 3 rings (SSSR count). The molecular weight excluding hydrogens is 375 g/mol. The van der Waals surface area contributed by atoms with Crippen molar-refractivity contribution in [3.05, 3.63) is 66.6 Å². The van der Waals surface area contributed by atoms with Crippen LogP contribution in [0.4, 0.5) is 21.8 Å². The fourth-order valence-corrected chi connectivity index (χ4v) is 2.37. The number of rotatable bonds is 9. The first-order valence-electron chi connectivity index (χ1n) is 9.06. The van der Waals surface area contributed by atoms with Crippen molar-refractivity contribution in [1.82, 2.24) is 20.5 Å². The van der Waals surface area contributed by atoms with E-state index in [2.05, 4.69) is 31.1 Å². The lowest BCUT2D eigenvalue weighted by molar-refractivity contribution is -0.127. The molecule has 0 unspecified atom stereocenters. The SMILES string of the molecule is C[C@H](Oc1ccccc1F)C(=O)NCCNc1ccc(Nc2ccccn2)nn1. The number of halogens is 1. The third-order valence-corrected chi connectivity index (χ3v) is 3.83. The van der Waals surface area contributed by atoms with Crippen LogP contribution in [0, 0.1) is 5.82 Å². The summed E-state index contributed by atoms with van der Waals surface area (Å²) in [5, 5.41) is 16.9. The molecule has 2 aromatic heterocycles. The molecule has 9 heteroatoms. The summed E-state index contributed by atoms with van der Waals surface area (Å²) in [6.45, 7) is 2.35. The summed E-state index contributed by atoms with van der Waals surface area (Å²) in [6.07, 6.45) is 0.867. The van der Waals surface area contributed by atoms with Crippen LogP contribution in [0.1, 0.15) is 6.92 Å². The molecule has 29 heavy (non-hydrogen) atoms. The molecule has 3 N–H and O–H groups in total. The highest BCUT2D eigenvalue weighted by molar-refractivity contribution is 5.80. The molecule has 3 aromatic rings. The Balaban J connectivity index is 1.38. The molecule has 1 atom stereocenters. The lowest BCUT2D eigenvalue weighted by Crippen LogP contribution is -2.38. The lowest BCUT2D eigenvalue weighted by atomic mass is 10.3. The van der Waals surface area contributed by atoms with Crippen molar-refractivity contribution in [2.75, 3.05) is 23.7 Å². The molecule has 0 spiro atoms. The molecule has 2 heterocycles. The number of benzene rings is 1. The van der Waals surface area contributed by atoms with E-state index in [1.165, 1.54) is 12.1 Å². The Bertz CT molecular complexity index is 924. The molecule has 0 aliphatic rings. The van der Waals surface area contributed by atoms with Gasteiger partial charge in [0.25, 0.3) is 5.91 Å². The van der Waals surface area contributed by atoms with E-state index in [0.717, 1.165) is 0 Å². The summed E-state index contributed by atoms with van der Waals surface area (Å²) in [6, 6.07) is 15.0. The quantitative estimate of drug-likeness (QED) is 0.478. The average Bonchev–Trinajstić information content (AvgIpc) is 2.74. The standard InChI is InChI=1S/C20H21FN6O2/c1-14(29-16-7-3-2-6-15(16)21)20(28)24-13-12-23-18-9-10-19(27-26-18)25-17-8-4-5-11-22-17/h2-11,14H,12-13H2,1H3,(H,23,26)(H,24,28)(H,22,25,27)/t14-/m0/s1. The Morgan fingerprint density at radius 3 is 2.48 bits per heavy atom. The zero-order chi connectivity index (χ0) is 20.5. The van der Waals surface area contributed by atoms with Gasteiger partial charge < -0.3 is 20.7 Å². The summed E-state index contributed by atoms with van der Waals surface area (Å²) >= 11 is 0. The zero-order valence-corrected chi connectivity index (χ0v) is 15.8. The molecule has 0 saturated carbocycles. The van der Waals surface area contributed by atoms with Crippen LogP contribution in [0.3, 0.4) is 0 Å². The van der Waals surface area contributed by atoms with Gasteiger partial charge in [0.1, 0.15) is 11.6 Å². The van der Waals surface area contributed by atoms with E-state index in [-0.39, 0.29) is 11.7 Å². The van der Waals surface area contributed by atoms with Gasteiger partial charge in [-0.15, -0.1) is 10.2 Å². The van der Waals surface area contributed by atoms with E-state index in [9.17, 15) is 9.18 Å². The number of anilines is 3. The molecule has 0 bridgehead atoms. The summed E-state index contributed by atoms with van der Waals surface area (Å²) in [5.74, 6) is 1.02. The largest absolute Gasteiger partial charge is 0.478 e. The molecule has 0 radical (unpaired) electrons. The maximum atomic E-state index is 13.6. The first-order valence-corrected chi connectivity index (χ1v) is 9.06. The maximum Gasteiger partial charge on any atom is 0.260 e. The molecule has 150 valence electrons. The monoisotopic (exact) mass is 396 g/mol. The van der Waals surface area contributed by atoms with Crippen molar-refractivity contribution in [1.29, 1.82) is 0 Å². The minimum absolute atomic E-state index is 0.0444. The first kappa shape index (κ1) is 20.0. The van der Waals surface area contributed by atoms with Crippen LogP contribution in [0.5, 0.6) is 5.75 Å². The van der Waals surface area contributed by atoms with Crippen LogP contribution in [0.25, 0.3) is 0 Å². The number of carbonyl (C=O) groups is 1. The minimum Gasteiger partial charge on any atom is -0.478 e. The predicted octanol–water partition coefficient (Wildman–Crippen LogP) is 2.75. The van der Waals surface area contributed by atoms with Crippen LogP contribution >= 0.6 is 0 Å². The lowest BCUT2D eigenvalue weighted by Gasteiger charge is -2.15. The molecule has 1 amide bonds. The van der Waals surface area contributed by atoms with Crippen LogP contribution in [0.15, 0.2) is 60.8 Å². The number of ether oxygens (including phenoxy) is 1. The first-order chi connectivity index (χ1) is 14.1. The Morgan fingerprint density at radius 2 is 1.76 bits per heavy atom. The highest BCUT2D eigenvalue weighted by Crippen LogP contribution is 2.17. The highest BCUT2D eigenvalue weighted by Gasteiger charge is 2.15. The fraction of sp³-hybridized carbons (Fsp3) is 0.200. The van der Waals surface area contributed by atoms with E-state index >= 15 is 0 Å². The molecular formula is C20H21FN6O2. The van der Waals surface area contributed by atoms with Crippen molar-refractivity contribution < 1.29 is 13.9 Å². The van der Waals surface area contributed by atoms with Gasteiger partial charge in [-0.05, 0) is 43.3 Å². The normalized spacial score (nSPS) is 11.4. The van der Waals surface area contributed by atoms with E-state index in [1.54, 1.807) is 37.4 Å². The second kappa shape index (κ2) is 9.98. The van der Waals surface area contributed by atoms with Gasteiger partial charge in [0, 0.05) is 19.3 Å². The molecule has 1 aromatic carbocycles. The number of aromatic nitrogens is 3. The number of nitrogens with zero attached hydrogens (tertiary/aromatic N) is 3. The number of pyridine rings is 1. The van der Waals surface area contributed by atoms with E-state index < -0.39 is 11.9 Å². The van der Waals surface area contributed by atoms with Crippen molar-refractivity contribution >= 4 is 23.4 Å². The van der Waals surface area contributed by atoms with Crippen LogP contribution < -0.4 is 20.7 Å². The number of hydrogen-bond acceptors (Lipinski definition) is 7. The maximum absolute atomic E-state index is 13.6. The van der Waals surface area contributed by atoms with Gasteiger partial charge in [-0.25, -0.2) is 9.37 Å². The molecule has 0 fully saturated rings. The average molecular weight is 396 g/mol. The van der Waals surface area contributed by atoms with Crippen LogP contribution in [-0.4, -0.2) is 40.3 Å². The Hall–Kier alpha value is -3.75. The van der Waals surface area contributed by atoms with Gasteiger partial charge in [-0.3, -0.25) is 4.79 Å². The van der Waals surface area contributed by atoms with Crippen molar-refractivity contribution in [3.8, 4) is 5.75 Å². The Labute approximate surface area is 167 Å². The van der Waals surface area contributed by atoms with Crippen molar-refractivity contribution in [2.45, 2.75) is 13.0 Å². The van der Waals surface area contributed by atoms with Gasteiger partial charge in [0.2, 0.25) is 0 Å². The third kappa shape index (κ3) is 6.13. The van der Waals surface area contributed by atoms with Crippen LogP contribution in [0.2, 0.25) is 0 Å². The van der Waals surface area contributed by atoms with E-state index in [1.807, 2.05) is 18.2 Å². The summed E-state index contributed by atoms with van der Waals surface area (Å²) in [7, 11) is 0. The molecule has 0 aliphatic carbocycles. The predicted molar refractivity (Wildman–Crippen MR) is 108 cm³/mol. The Morgan fingerprint density at radius 1 is 1.00 bits per heavy atom. The third-order valence-electron chi connectivity index (χ3n) is 3.83. The van der Waals surface area contributed by atoms with Gasteiger partial charge >= 0.3 is 0 Å². The number of hydrogen-bond donors (Lipinski definition) is 3. The van der Waals surface area contributed by atoms with Gasteiger partial charge in [0.15, 0.2) is 23.5 Å². The highest BCUT2D eigenvalue weighted by atomic mass is 19.1. The van der Waals surface area contributed by atoms with Gasteiger partial charge in [-0.2, -0.15) is 0 Å². The zero-order valence-electron chi connectivity index (χ0n) is 15.8. The number of carbonyl (C=O) groups excluding carboxylic acids is 1. The molecule has 0 saturated heterocycles. The topological polar surface area (TPSA) is 101 Å². The van der Waals surface area contributed by atoms with E-state index in [0.29, 0.717) is 30.5 Å². The smallest absolute Gasteiger partial charge is 0.260 e. The van der Waals surface area contributed by atoms with E-state index in [4.69, 9.17) is 4.74 Å².